The number of nitrogens with one attached hydrogen (secondary N) is 1. The number of carbonyl (C=O) groups is 3. The molecule has 0 aromatic heterocycles. The Hall–Kier alpha value is -2.95. The lowest BCUT2D eigenvalue weighted by Crippen LogP contribution is -2.37. The molecule has 0 aliphatic carbocycles. The van der Waals surface area contributed by atoms with Gasteiger partial charge >= 0.3 is 5.97 Å². The van der Waals surface area contributed by atoms with Gasteiger partial charge in [0.2, 0.25) is 5.91 Å². The lowest BCUT2D eigenvalue weighted by atomic mass is 9.92. The number of ether oxygens (including phenoxy) is 1. The highest BCUT2D eigenvalue weighted by Gasteiger charge is 2.25. The molecule has 2 aromatic carbocycles. The van der Waals surface area contributed by atoms with Crippen molar-refractivity contribution >= 4 is 17.7 Å². The van der Waals surface area contributed by atoms with Gasteiger partial charge in [-0.2, -0.15) is 0 Å². The predicted octanol–water partition coefficient (Wildman–Crippen LogP) is 4.40. The Labute approximate surface area is 172 Å². The van der Waals surface area contributed by atoms with E-state index in [1.807, 2.05) is 39.0 Å². The van der Waals surface area contributed by atoms with Crippen LogP contribution in [0.2, 0.25) is 0 Å². The predicted molar refractivity (Wildman–Crippen MR) is 113 cm³/mol. The quantitative estimate of drug-likeness (QED) is 0.388. The molecule has 5 nitrogen and oxygen atoms in total. The maximum Gasteiger partial charge on any atom is 0.314 e. The molecule has 2 aromatic rings. The van der Waals surface area contributed by atoms with E-state index in [0.29, 0.717) is 29.7 Å². The maximum atomic E-state index is 12.4. The molecule has 0 saturated heterocycles. The molecule has 0 saturated carbocycles. The molecule has 0 heterocycles. The minimum atomic E-state index is -0.413. The van der Waals surface area contributed by atoms with Crippen LogP contribution in [0.3, 0.4) is 0 Å². The largest absolute Gasteiger partial charge is 0.426 e. The number of hydrogen-bond donors (Lipinski definition) is 1. The third-order valence-electron chi connectivity index (χ3n) is 4.71. The van der Waals surface area contributed by atoms with Crippen LogP contribution in [0.25, 0.3) is 0 Å². The zero-order valence-electron chi connectivity index (χ0n) is 17.5. The van der Waals surface area contributed by atoms with Gasteiger partial charge < -0.3 is 10.1 Å². The standard InChI is InChI=1S/C24H29NO4/c1-5-18(23(27)25-16(2)3)15-17(4)24(28)29-21-13-11-20(12-14-21)22(26)19-9-7-6-8-10-19/h6-14,16-18H,5,15H2,1-4H3,(H,25,27). The topological polar surface area (TPSA) is 72.5 Å². The molecule has 0 spiro atoms. The number of rotatable bonds is 9. The van der Waals surface area contributed by atoms with Gasteiger partial charge in [0.05, 0.1) is 5.92 Å². The molecule has 0 aliphatic heterocycles. The van der Waals surface area contributed by atoms with E-state index < -0.39 is 5.92 Å². The van der Waals surface area contributed by atoms with Crippen LogP contribution < -0.4 is 10.1 Å². The second-order valence-corrected chi connectivity index (χ2v) is 7.55. The number of carbonyl (C=O) groups excluding carboxylic acids is 3. The van der Waals surface area contributed by atoms with Crippen molar-refractivity contribution < 1.29 is 19.1 Å². The van der Waals surface area contributed by atoms with Crippen molar-refractivity contribution in [1.82, 2.24) is 5.32 Å². The van der Waals surface area contributed by atoms with Crippen LogP contribution in [0.15, 0.2) is 54.6 Å². The van der Waals surface area contributed by atoms with E-state index in [1.165, 1.54) is 0 Å². The first-order chi connectivity index (χ1) is 13.8. The van der Waals surface area contributed by atoms with E-state index in [9.17, 15) is 14.4 Å². The zero-order chi connectivity index (χ0) is 21.4. The Balaban J connectivity index is 1.96. The van der Waals surface area contributed by atoms with Crippen LogP contribution >= 0.6 is 0 Å². The Kier molecular flexibility index (Phi) is 8.13. The SMILES string of the molecule is CCC(CC(C)C(=O)Oc1ccc(C(=O)c2ccccc2)cc1)C(=O)NC(C)C. The van der Waals surface area contributed by atoms with Gasteiger partial charge in [0.25, 0.3) is 0 Å². The Morgan fingerprint density at radius 2 is 1.48 bits per heavy atom. The Bertz CT molecular complexity index is 828. The second kappa shape index (κ2) is 10.6. The minimum Gasteiger partial charge on any atom is -0.426 e. The first-order valence-electron chi connectivity index (χ1n) is 10.0. The van der Waals surface area contributed by atoms with Crippen molar-refractivity contribution in [3.05, 3.63) is 65.7 Å². The summed E-state index contributed by atoms with van der Waals surface area (Å²) in [6.45, 7) is 7.52. The summed E-state index contributed by atoms with van der Waals surface area (Å²) in [5.41, 5.74) is 1.14. The maximum absolute atomic E-state index is 12.4. The van der Waals surface area contributed by atoms with Crippen LogP contribution in [-0.2, 0) is 9.59 Å². The highest BCUT2D eigenvalue weighted by molar-refractivity contribution is 6.09. The van der Waals surface area contributed by atoms with Crippen LogP contribution in [0.1, 0.15) is 56.5 Å². The van der Waals surface area contributed by atoms with Gasteiger partial charge in [0.15, 0.2) is 5.78 Å². The molecule has 1 N–H and O–H groups in total. The van der Waals surface area contributed by atoms with Crippen LogP contribution in [0, 0.1) is 11.8 Å². The summed E-state index contributed by atoms with van der Waals surface area (Å²) in [4.78, 5) is 37.1. The monoisotopic (exact) mass is 395 g/mol. The van der Waals surface area contributed by atoms with Crippen LogP contribution in [0.4, 0.5) is 0 Å². The summed E-state index contributed by atoms with van der Waals surface area (Å²) < 4.78 is 5.44. The number of ketones is 1. The molecule has 0 radical (unpaired) electrons. The summed E-state index contributed by atoms with van der Waals surface area (Å²) in [5.74, 6) is -0.770. The Morgan fingerprint density at radius 3 is 2.03 bits per heavy atom. The summed E-state index contributed by atoms with van der Waals surface area (Å²) in [6, 6.07) is 15.6. The number of benzene rings is 2. The van der Waals surface area contributed by atoms with Gasteiger partial charge in [-0.15, -0.1) is 0 Å². The minimum absolute atomic E-state index is 0.0362. The van der Waals surface area contributed by atoms with E-state index in [1.54, 1.807) is 43.3 Å². The lowest BCUT2D eigenvalue weighted by molar-refractivity contribution is -0.139. The van der Waals surface area contributed by atoms with Gasteiger partial charge in [-0.3, -0.25) is 14.4 Å². The van der Waals surface area contributed by atoms with Crippen molar-refractivity contribution in [2.45, 2.75) is 46.6 Å². The van der Waals surface area contributed by atoms with E-state index in [-0.39, 0.29) is 29.6 Å². The molecule has 1 amide bonds. The number of hydrogen-bond acceptors (Lipinski definition) is 4. The fourth-order valence-corrected chi connectivity index (χ4v) is 3.03. The first-order valence-corrected chi connectivity index (χ1v) is 10.0. The van der Waals surface area contributed by atoms with Gasteiger partial charge in [0.1, 0.15) is 5.75 Å². The zero-order valence-corrected chi connectivity index (χ0v) is 17.5. The molecule has 0 fully saturated rings. The van der Waals surface area contributed by atoms with Gasteiger partial charge in [0, 0.05) is 23.1 Å². The molecule has 5 heteroatoms. The molecular weight excluding hydrogens is 366 g/mol. The van der Waals surface area contributed by atoms with Crippen molar-refractivity contribution in [2.24, 2.45) is 11.8 Å². The summed E-state index contributed by atoms with van der Waals surface area (Å²) >= 11 is 0. The van der Waals surface area contributed by atoms with Crippen molar-refractivity contribution in [1.29, 1.82) is 0 Å². The molecule has 2 atom stereocenters. The normalized spacial score (nSPS) is 12.9. The molecule has 2 rings (SSSR count). The third-order valence-corrected chi connectivity index (χ3v) is 4.71. The van der Waals surface area contributed by atoms with Gasteiger partial charge in [-0.25, -0.2) is 0 Å². The van der Waals surface area contributed by atoms with Gasteiger partial charge in [-0.05, 0) is 51.0 Å². The van der Waals surface area contributed by atoms with Crippen molar-refractivity contribution in [3.8, 4) is 5.75 Å². The molecule has 154 valence electrons. The fraction of sp³-hybridized carbons (Fsp3) is 0.375. The van der Waals surface area contributed by atoms with E-state index in [2.05, 4.69) is 5.32 Å². The summed E-state index contributed by atoms with van der Waals surface area (Å²) in [7, 11) is 0. The summed E-state index contributed by atoms with van der Waals surface area (Å²) in [5, 5.41) is 2.90. The first kappa shape index (κ1) is 22.3. The van der Waals surface area contributed by atoms with Crippen LogP contribution in [0.5, 0.6) is 5.75 Å². The number of esters is 1. The van der Waals surface area contributed by atoms with E-state index in [4.69, 9.17) is 4.74 Å². The highest BCUT2D eigenvalue weighted by Crippen LogP contribution is 2.20. The smallest absolute Gasteiger partial charge is 0.314 e. The van der Waals surface area contributed by atoms with Crippen molar-refractivity contribution in [2.75, 3.05) is 0 Å². The second-order valence-electron chi connectivity index (χ2n) is 7.55. The molecule has 0 aliphatic rings. The average Bonchev–Trinajstić information content (AvgIpc) is 2.71. The van der Waals surface area contributed by atoms with E-state index in [0.717, 1.165) is 0 Å². The lowest BCUT2D eigenvalue weighted by Gasteiger charge is -2.20. The van der Waals surface area contributed by atoms with E-state index >= 15 is 0 Å². The molecule has 29 heavy (non-hydrogen) atoms. The molecule has 0 bridgehead atoms. The fourth-order valence-electron chi connectivity index (χ4n) is 3.03. The summed E-state index contributed by atoms with van der Waals surface area (Å²) in [6.07, 6.45) is 1.09. The number of amides is 1. The molecular formula is C24H29NO4. The highest BCUT2D eigenvalue weighted by atomic mass is 16.5. The Morgan fingerprint density at radius 1 is 0.897 bits per heavy atom. The average molecular weight is 395 g/mol. The van der Waals surface area contributed by atoms with Crippen molar-refractivity contribution in [3.63, 3.8) is 0 Å². The third kappa shape index (κ3) is 6.56. The van der Waals surface area contributed by atoms with Gasteiger partial charge in [-0.1, -0.05) is 44.2 Å². The van der Waals surface area contributed by atoms with Crippen LogP contribution in [-0.4, -0.2) is 23.7 Å². The molecule has 2 unspecified atom stereocenters.